The number of amides is 1. The molecule has 5 nitrogen and oxygen atoms in total. The average molecular weight is 277 g/mol. The van der Waals surface area contributed by atoms with E-state index in [1.165, 1.54) is 0 Å². The first-order chi connectivity index (χ1) is 9.69. The van der Waals surface area contributed by atoms with E-state index in [4.69, 9.17) is 0 Å². The highest BCUT2D eigenvalue weighted by Gasteiger charge is 2.18. The molecule has 0 radical (unpaired) electrons. The molecule has 1 saturated heterocycles. The molecule has 0 aliphatic carbocycles. The molecule has 0 aromatic heterocycles. The van der Waals surface area contributed by atoms with Crippen LogP contribution in [-0.4, -0.2) is 55.2 Å². The predicted molar refractivity (Wildman–Crippen MR) is 80.1 cm³/mol. The monoisotopic (exact) mass is 277 g/mol. The molecule has 1 aliphatic heterocycles. The molecule has 1 amide bonds. The zero-order valence-corrected chi connectivity index (χ0v) is 12.0. The van der Waals surface area contributed by atoms with Crippen LogP contribution in [0.5, 0.6) is 5.75 Å². The Labute approximate surface area is 120 Å². The summed E-state index contributed by atoms with van der Waals surface area (Å²) in [4.78, 5) is 16.1. The first-order valence-electron chi connectivity index (χ1n) is 7.22. The molecule has 1 aliphatic rings. The molecule has 5 heteroatoms. The van der Waals surface area contributed by atoms with Crippen LogP contribution in [0.1, 0.15) is 13.3 Å². The fourth-order valence-electron chi connectivity index (χ4n) is 2.35. The number of aromatic hydroxyl groups is 1. The van der Waals surface area contributed by atoms with E-state index < -0.39 is 0 Å². The van der Waals surface area contributed by atoms with Crippen molar-refractivity contribution in [3.8, 4) is 5.75 Å². The van der Waals surface area contributed by atoms with Gasteiger partial charge in [0.2, 0.25) is 5.91 Å². The fourth-order valence-corrected chi connectivity index (χ4v) is 2.35. The summed E-state index contributed by atoms with van der Waals surface area (Å²) in [6.07, 6.45) is 0.973. The minimum Gasteiger partial charge on any atom is -0.508 e. The second-order valence-corrected chi connectivity index (χ2v) is 5.13. The van der Waals surface area contributed by atoms with Crippen LogP contribution >= 0.6 is 0 Å². The topological polar surface area (TPSA) is 55.8 Å². The number of anilines is 1. The van der Waals surface area contributed by atoms with Crippen molar-refractivity contribution in [3.63, 3.8) is 0 Å². The number of phenols is 1. The summed E-state index contributed by atoms with van der Waals surface area (Å²) < 4.78 is 0. The third kappa shape index (κ3) is 4.13. The van der Waals surface area contributed by atoms with E-state index in [1.54, 1.807) is 12.1 Å². The molecule has 0 atom stereocenters. The van der Waals surface area contributed by atoms with Gasteiger partial charge in [0.15, 0.2) is 0 Å². The zero-order valence-electron chi connectivity index (χ0n) is 12.0. The van der Waals surface area contributed by atoms with Gasteiger partial charge in [0.05, 0.1) is 6.54 Å². The van der Waals surface area contributed by atoms with Crippen molar-refractivity contribution in [2.75, 3.05) is 44.2 Å². The highest BCUT2D eigenvalue weighted by atomic mass is 16.3. The minimum absolute atomic E-state index is 0.116. The van der Waals surface area contributed by atoms with Gasteiger partial charge in [-0.1, -0.05) is 6.92 Å². The van der Waals surface area contributed by atoms with Gasteiger partial charge in [0.25, 0.3) is 0 Å². The molecule has 110 valence electrons. The number of nitrogens with one attached hydrogen (secondary N) is 1. The summed E-state index contributed by atoms with van der Waals surface area (Å²) in [5, 5.41) is 12.2. The van der Waals surface area contributed by atoms with Crippen LogP contribution in [0.25, 0.3) is 0 Å². The van der Waals surface area contributed by atoms with E-state index in [9.17, 15) is 9.90 Å². The summed E-state index contributed by atoms with van der Waals surface area (Å²) in [5.41, 5.74) is 1.12. The third-order valence-electron chi connectivity index (χ3n) is 3.53. The molecule has 0 bridgehead atoms. The van der Waals surface area contributed by atoms with Crippen LogP contribution in [0.2, 0.25) is 0 Å². The summed E-state index contributed by atoms with van der Waals surface area (Å²) in [6.45, 7) is 6.89. The molecule has 2 N–H and O–H groups in total. The van der Waals surface area contributed by atoms with Crippen LogP contribution in [-0.2, 0) is 4.79 Å². The first kappa shape index (κ1) is 14.7. The Bertz CT molecular complexity index is 425. The summed E-state index contributed by atoms with van der Waals surface area (Å²) >= 11 is 0. The van der Waals surface area contributed by atoms with Crippen molar-refractivity contribution in [1.29, 1.82) is 0 Å². The highest BCUT2D eigenvalue weighted by Crippen LogP contribution is 2.19. The van der Waals surface area contributed by atoms with Crippen LogP contribution < -0.4 is 10.2 Å². The van der Waals surface area contributed by atoms with Gasteiger partial charge in [0, 0.05) is 38.4 Å². The predicted octanol–water partition coefficient (Wildman–Crippen LogP) is 1.04. The maximum Gasteiger partial charge on any atom is 0.234 e. The molecule has 20 heavy (non-hydrogen) atoms. The van der Waals surface area contributed by atoms with Crippen LogP contribution in [0.15, 0.2) is 24.3 Å². The second-order valence-electron chi connectivity index (χ2n) is 5.13. The van der Waals surface area contributed by atoms with E-state index in [2.05, 4.69) is 22.0 Å². The minimum atomic E-state index is 0.116. The molecule has 2 rings (SSSR count). The summed E-state index contributed by atoms with van der Waals surface area (Å²) in [6, 6.07) is 7.28. The van der Waals surface area contributed by atoms with Crippen molar-refractivity contribution in [1.82, 2.24) is 10.2 Å². The number of carbonyl (C=O) groups excluding carboxylic acids is 1. The fraction of sp³-hybridized carbons (Fsp3) is 0.533. The van der Waals surface area contributed by atoms with Crippen molar-refractivity contribution in [2.24, 2.45) is 0 Å². The standard InChI is InChI=1S/C15H23N3O2/c1-2-7-16-15(20)12-17-8-10-18(11-9-17)13-3-5-14(19)6-4-13/h3-6,19H,2,7-12H2,1H3,(H,16,20). The number of rotatable bonds is 5. The van der Waals surface area contributed by atoms with Gasteiger partial charge in [-0.05, 0) is 30.7 Å². The highest BCUT2D eigenvalue weighted by molar-refractivity contribution is 5.78. The van der Waals surface area contributed by atoms with Gasteiger partial charge in [-0.3, -0.25) is 9.69 Å². The number of carbonyl (C=O) groups is 1. The Balaban J connectivity index is 1.77. The van der Waals surface area contributed by atoms with Crippen LogP contribution in [0.3, 0.4) is 0 Å². The van der Waals surface area contributed by atoms with Gasteiger partial charge < -0.3 is 15.3 Å². The number of benzene rings is 1. The number of hydrogen-bond acceptors (Lipinski definition) is 4. The Morgan fingerprint density at radius 3 is 2.45 bits per heavy atom. The van der Waals surface area contributed by atoms with Gasteiger partial charge in [-0.2, -0.15) is 0 Å². The Morgan fingerprint density at radius 1 is 1.20 bits per heavy atom. The number of piperazine rings is 1. The average Bonchev–Trinajstić information content (AvgIpc) is 2.47. The van der Waals surface area contributed by atoms with Gasteiger partial charge in [-0.15, -0.1) is 0 Å². The van der Waals surface area contributed by atoms with Crippen molar-refractivity contribution >= 4 is 11.6 Å². The van der Waals surface area contributed by atoms with Gasteiger partial charge in [0.1, 0.15) is 5.75 Å². The second kappa shape index (κ2) is 7.14. The lowest BCUT2D eigenvalue weighted by molar-refractivity contribution is -0.122. The van der Waals surface area contributed by atoms with Crippen molar-refractivity contribution in [2.45, 2.75) is 13.3 Å². The largest absolute Gasteiger partial charge is 0.508 e. The molecule has 0 saturated carbocycles. The van der Waals surface area contributed by atoms with Gasteiger partial charge in [-0.25, -0.2) is 0 Å². The normalized spacial score (nSPS) is 16.1. The van der Waals surface area contributed by atoms with Gasteiger partial charge >= 0.3 is 0 Å². The van der Waals surface area contributed by atoms with Crippen LogP contribution in [0.4, 0.5) is 5.69 Å². The van der Waals surface area contributed by atoms with E-state index >= 15 is 0 Å². The van der Waals surface area contributed by atoms with E-state index in [0.717, 1.165) is 44.8 Å². The number of phenolic OH excluding ortho intramolecular Hbond substituents is 1. The lowest BCUT2D eigenvalue weighted by Crippen LogP contribution is -2.49. The maximum absolute atomic E-state index is 11.7. The van der Waals surface area contributed by atoms with Crippen LogP contribution in [0, 0.1) is 0 Å². The molecule has 1 aromatic rings. The lowest BCUT2D eigenvalue weighted by atomic mass is 10.2. The molecule has 1 fully saturated rings. The molecule has 1 aromatic carbocycles. The Hall–Kier alpha value is -1.75. The molecule has 1 heterocycles. The molecule has 0 spiro atoms. The molecule has 0 unspecified atom stereocenters. The summed E-state index contributed by atoms with van der Waals surface area (Å²) in [7, 11) is 0. The van der Waals surface area contributed by atoms with Crippen molar-refractivity contribution in [3.05, 3.63) is 24.3 Å². The number of nitrogens with zero attached hydrogens (tertiary/aromatic N) is 2. The van der Waals surface area contributed by atoms with E-state index in [-0.39, 0.29) is 5.91 Å². The molecular formula is C15H23N3O2. The maximum atomic E-state index is 11.7. The summed E-state index contributed by atoms with van der Waals surface area (Å²) in [5.74, 6) is 0.407. The van der Waals surface area contributed by atoms with E-state index in [0.29, 0.717) is 12.3 Å². The third-order valence-corrected chi connectivity index (χ3v) is 3.53. The lowest BCUT2D eigenvalue weighted by Gasteiger charge is -2.35. The number of hydrogen-bond donors (Lipinski definition) is 2. The SMILES string of the molecule is CCCNC(=O)CN1CCN(c2ccc(O)cc2)CC1. The quantitative estimate of drug-likeness (QED) is 0.844. The smallest absolute Gasteiger partial charge is 0.234 e. The Morgan fingerprint density at radius 2 is 1.85 bits per heavy atom. The Kier molecular flexibility index (Phi) is 5.24. The zero-order chi connectivity index (χ0) is 14.4. The first-order valence-corrected chi connectivity index (χ1v) is 7.22. The molecular weight excluding hydrogens is 254 g/mol. The van der Waals surface area contributed by atoms with E-state index in [1.807, 2.05) is 12.1 Å². The van der Waals surface area contributed by atoms with Crippen molar-refractivity contribution < 1.29 is 9.90 Å².